The SMILES string of the molecule is Cc1ccc(C2(C)Cc3cc(N)cnc3O2)c(F)c1. The average Bonchev–Trinajstić information content (AvgIpc) is 2.65. The van der Waals surface area contributed by atoms with Crippen LogP contribution in [0.3, 0.4) is 0 Å². The molecule has 1 unspecified atom stereocenters. The van der Waals surface area contributed by atoms with E-state index in [2.05, 4.69) is 4.98 Å². The van der Waals surface area contributed by atoms with Gasteiger partial charge in [-0.3, -0.25) is 0 Å². The first-order valence-corrected chi connectivity index (χ1v) is 6.18. The van der Waals surface area contributed by atoms with Gasteiger partial charge in [0.1, 0.15) is 11.4 Å². The Morgan fingerprint density at radius 2 is 2.16 bits per heavy atom. The molecule has 0 amide bonds. The number of hydrogen-bond acceptors (Lipinski definition) is 3. The fourth-order valence-electron chi connectivity index (χ4n) is 2.55. The minimum atomic E-state index is -0.721. The minimum absolute atomic E-state index is 0.247. The van der Waals surface area contributed by atoms with Gasteiger partial charge in [-0.25, -0.2) is 9.37 Å². The summed E-state index contributed by atoms with van der Waals surface area (Å²) in [6, 6.07) is 7.02. The van der Waals surface area contributed by atoms with Gasteiger partial charge in [0.05, 0.1) is 11.9 Å². The smallest absolute Gasteiger partial charge is 0.217 e. The molecule has 98 valence electrons. The molecule has 2 aromatic rings. The molecule has 2 heterocycles. The van der Waals surface area contributed by atoms with Gasteiger partial charge in [0.15, 0.2) is 0 Å². The van der Waals surface area contributed by atoms with E-state index in [1.165, 1.54) is 6.07 Å². The van der Waals surface area contributed by atoms with E-state index in [9.17, 15) is 4.39 Å². The van der Waals surface area contributed by atoms with Crippen LogP contribution in [0.25, 0.3) is 0 Å². The van der Waals surface area contributed by atoms with Gasteiger partial charge >= 0.3 is 0 Å². The molecule has 3 rings (SSSR count). The van der Waals surface area contributed by atoms with Gasteiger partial charge in [-0.15, -0.1) is 0 Å². The van der Waals surface area contributed by atoms with Crippen molar-refractivity contribution in [3.8, 4) is 5.88 Å². The number of fused-ring (bicyclic) bond motifs is 1. The van der Waals surface area contributed by atoms with Gasteiger partial charge in [-0.05, 0) is 31.5 Å². The van der Waals surface area contributed by atoms with Crippen molar-refractivity contribution in [2.75, 3.05) is 5.73 Å². The molecule has 0 radical (unpaired) electrons. The number of ether oxygens (including phenoxy) is 1. The van der Waals surface area contributed by atoms with Crippen molar-refractivity contribution < 1.29 is 9.13 Å². The number of rotatable bonds is 1. The van der Waals surface area contributed by atoms with Crippen molar-refractivity contribution in [2.45, 2.75) is 25.9 Å². The highest BCUT2D eigenvalue weighted by Crippen LogP contribution is 2.41. The van der Waals surface area contributed by atoms with Gasteiger partial charge in [0.25, 0.3) is 0 Å². The van der Waals surface area contributed by atoms with E-state index in [1.54, 1.807) is 12.3 Å². The van der Waals surface area contributed by atoms with Crippen LogP contribution < -0.4 is 10.5 Å². The third-order valence-electron chi connectivity index (χ3n) is 3.49. The third-order valence-corrected chi connectivity index (χ3v) is 3.49. The summed E-state index contributed by atoms with van der Waals surface area (Å²) in [5.74, 6) is 0.292. The fourth-order valence-corrected chi connectivity index (χ4v) is 2.55. The van der Waals surface area contributed by atoms with Crippen LogP contribution >= 0.6 is 0 Å². The Morgan fingerprint density at radius 3 is 2.89 bits per heavy atom. The van der Waals surface area contributed by atoms with Gasteiger partial charge in [-0.1, -0.05) is 12.1 Å². The van der Waals surface area contributed by atoms with Crippen LogP contribution in [0.15, 0.2) is 30.5 Å². The molecule has 0 spiro atoms. The van der Waals surface area contributed by atoms with E-state index >= 15 is 0 Å². The lowest BCUT2D eigenvalue weighted by molar-refractivity contribution is 0.106. The molecule has 1 aliphatic rings. The van der Waals surface area contributed by atoms with Gasteiger partial charge in [0, 0.05) is 17.5 Å². The predicted octanol–water partition coefficient (Wildman–Crippen LogP) is 2.96. The second-order valence-corrected chi connectivity index (χ2v) is 5.23. The molecule has 1 aliphatic heterocycles. The maximum atomic E-state index is 14.1. The molecular formula is C15H15FN2O. The maximum absolute atomic E-state index is 14.1. The minimum Gasteiger partial charge on any atom is -0.466 e. The van der Waals surface area contributed by atoms with Crippen LogP contribution in [0.5, 0.6) is 5.88 Å². The fraction of sp³-hybridized carbons (Fsp3) is 0.267. The topological polar surface area (TPSA) is 48.1 Å². The van der Waals surface area contributed by atoms with E-state index < -0.39 is 5.60 Å². The molecule has 0 bridgehead atoms. The summed E-state index contributed by atoms with van der Waals surface area (Å²) in [5.41, 5.74) is 7.95. The Bertz CT molecular complexity index is 657. The Balaban J connectivity index is 2.03. The van der Waals surface area contributed by atoms with Crippen LogP contribution in [-0.2, 0) is 12.0 Å². The molecule has 19 heavy (non-hydrogen) atoms. The summed E-state index contributed by atoms with van der Waals surface area (Å²) in [7, 11) is 0. The number of nitrogen functional groups attached to an aromatic ring is 1. The largest absolute Gasteiger partial charge is 0.466 e. The number of aromatic nitrogens is 1. The zero-order chi connectivity index (χ0) is 13.6. The zero-order valence-electron chi connectivity index (χ0n) is 10.9. The second kappa shape index (κ2) is 3.95. The molecule has 2 N–H and O–H groups in total. The number of pyridine rings is 1. The van der Waals surface area contributed by atoms with Crippen molar-refractivity contribution >= 4 is 5.69 Å². The highest BCUT2D eigenvalue weighted by molar-refractivity contribution is 5.47. The van der Waals surface area contributed by atoms with E-state index in [1.807, 2.05) is 26.0 Å². The third kappa shape index (κ3) is 1.93. The van der Waals surface area contributed by atoms with Gasteiger partial charge in [0.2, 0.25) is 5.88 Å². The summed E-state index contributed by atoms with van der Waals surface area (Å²) < 4.78 is 20.0. The van der Waals surface area contributed by atoms with Crippen LogP contribution in [0.1, 0.15) is 23.6 Å². The maximum Gasteiger partial charge on any atom is 0.217 e. The molecule has 4 heteroatoms. The van der Waals surface area contributed by atoms with Crippen molar-refractivity contribution in [1.82, 2.24) is 4.98 Å². The van der Waals surface area contributed by atoms with Gasteiger partial charge < -0.3 is 10.5 Å². The molecule has 1 aromatic carbocycles. The van der Waals surface area contributed by atoms with Crippen molar-refractivity contribution in [3.63, 3.8) is 0 Å². The summed E-state index contributed by atoms with van der Waals surface area (Å²) >= 11 is 0. The van der Waals surface area contributed by atoms with E-state index in [4.69, 9.17) is 10.5 Å². The number of anilines is 1. The quantitative estimate of drug-likeness (QED) is 0.855. The van der Waals surface area contributed by atoms with Crippen LogP contribution in [0, 0.1) is 12.7 Å². The molecule has 1 atom stereocenters. The van der Waals surface area contributed by atoms with Crippen molar-refractivity contribution in [1.29, 1.82) is 0 Å². The summed E-state index contributed by atoms with van der Waals surface area (Å²) in [6.45, 7) is 3.74. The predicted molar refractivity (Wildman–Crippen MR) is 71.5 cm³/mol. The lowest BCUT2D eigenvalue weighted by Gasteiger charge is -2.24. The Morgan fingerprint density at radius 1 is 1.37 bits per heavy atom. The average molecular weight is 258 g/mol. The van der Waals surface area contributed by atoms with Crippen molar-refractivity contribution in [3.05, 3.63) is 53.0 Å². The standard InChI is InChI=1S/C15H15FN2O/c1-9-3-4-12(13(16)5-9)15(2)7-10-6-11(17)8-18-14(10)19-15/h3-6,8H,7,17H2,1-2H3. The monoisotopic (exact) mass is 258 g/mol. The molecule has 3 nitrogen and oxygen atoms in total. The number of hydrogen-bond donors (Lipinski definition) is 1. The summed E-state index contributed by atoms with van der Waals surface area (Å²) in [6.07, 6.45) is 2.12. The molecule has 0 saturated heterocycles. The first-order valence-electron chi connectivity index (χ1n) is 6.18. The first kappa shape index (κ1) is 12.0. The lowest BCUT2D eigenvalue weighted by atomic mass is 9.90. The summed E-state index contributed by atoms with van der Waals surface area (Å²) in [5, 5.41) is 0. The number of nitrogens with two attached hydrogens (primary N) is 1. The molecule has 0 saturated carbocycles. The lowest BCUT2D eigenvalue weighted by Crippen LogP contribution is -2.28. The number of nitrogens with zero attached hydrogens (tertiary/aromatic N) is 1. The Hall–Kier alpha value is -2.10. The number of halogens is 1. The Kier molecular flexibility index (Phi) is 2.49. The number of benzene rings is 1. The molecular weight excluding hydrogens is 243 g/mol. The van der Waals surface area contributed by atoms with Crippen molar-refractivity contribution in [2.24, 2.45) is 0 Å². The first-order chi connectivity index (χ1) is 8.98. The Labute approximate surface area is 111 Å². The van der Waals surface area contributed by atoms with E-state index in [-0.39, 0.29) is 5.82 Å². The highest BCUT2D eigenvalue weighted by Gasteiger charge is 2.39. The molecule has 0 fully saturated rings. The molecule has 1 aromatic heterocycles. The van der Waals surface area contributed by atoms with E-state index in [0.717, 1.165) is 11.1 Å². The van der Waals surface area contributed by atoms with Crippen LogP contribution in [0.4, 0.5) is 10.1 Å². The summed E-state index contributed by atoms with van der Waals surface area (Å²) in [4.78, 5) is 4.16. The highest BCUT2D eigenvalue weighted by atomic mass is 19.1. The van der Waals surface area contributed by atoms with Crippen LogP contribution in [0.2, 0.25) is 0 Å². The van der Waals surface area contributed by atoms with E-state index in [0.29, 0.717) is 23.6 Å². The van der Waals surface area contributed by atoms with Gasteiger partial charge in [-0.2, -0.15) is 0 Å². The normalized spacial score (nSPS) is 21.0. The molecule has 0 aliphatic carbocycles. The second-order valence-electron chi connectivity index (χ2n) is 5.23. The number of aryl methyl sites for hydroxylation is 1. The zero-order valence-corrected chi connectivity index (χ0v) is 10.9. The van der Waals surface area contributed by atoms with Crippen LogP contribution in [-0.4, -0.2) is 4.98 Å².